The van der Waals surface area contributed by atoms with Crippen LogP contribution in [0.25, 0.3) is 0 Å². The molecule has 8 atom stereocenters. The van der Waals surface area contributed by atoms with Gasteiger partial charge in [0.25, 0.3) is 0 Å². The molecule has 0 aromatic rings. The van der Waals surface area contributed by atoms with Crippen molar-refractivity contribution in [3.63, 3.8) is 0 Å². The normalized spacial score (nSPS) is 35.5. The summed E-state index contributed by atoms with van der Waals surface area (Å²) in [5, 5.41) is 0. The van der Waals surface area contributed by atoms with Gasteiger partial charge in [-0.2, -0.15) is 0 Å². The van der Waals surface area contributed by atoms with E-state index in [2.05, 4.69) is 13.8 Å². The van der Waals surface area contributed by atoms with Crippen LogP contribution < -0.4 is 0 Å². The molecule has 240 valence electrons. The zero-order chi connectivity index (χ0) is 31.9. The predicted octanol–water partition coefficient (Wildman–Crippen LogP) is 3.70. The van der Waals surface area contributed by atoms with E-state index in [9.17, 15) is 24.0 Å². The quantitative estimate of drug-likeness (QED) is 0.265. The summed E-state index contributed by atoms with van der Waals surface area (Å²) in [7, 11) is 0. The second-order valence-electron chi connectivity index (χ2n) is 13.6. The van der Waals surface area contributed by atoms with E-state index >= 15 is 0 Å². The second-order valence-corrected chi connectivity index (χ2v) is 13.6. The zero-order valence-electron chi connectivity index (χ0n) is 26.6. The average Bonchev–Trinajstić information content (AvgIpc) is 3.33. The third kappa shape index (κ3) is 5.93. The summed E-state index contributed by atoms with van der Waals surface area (Å²) in [4.78, 5) is 62.6. The van der Waals surface area contributed by atoms with E-state index in [4.69, 9.17) is 28.4 Å². The third-order valence-electron chi connectivity index (χ3n) is 10.2. The van der Waals surface area contributed by atoms with Gasteiger partial charge < -0.3 is 28.4 Å². The first-order chi connectivity index (χ1) is 20.1. The summed E-state index contributed by atoms with van der Waals surface area (Å²) in [5.74, 6) is -3.48. The van der Waals surface area contributed by atoms with Crippen LogP contribution in [0.15, 0.2) is 11.6 Å². The van der Waals surface area contributed by atoms with Crippen molar-refractivity contribution in [3.8, 4) is 0 Å². The van der Waals surface area contributed by atoms with Crippen LogP contribution in [0.3, 0.4) is 0 Å². The van der Waals surface area contributed by atoms with Crippen LogP contribution in [-0.4, -0.2) is 73.6 Å². The van der Waals surface area contributed by atoms with Crippen molar-refractivity contribution in [1.82, 2.24) is 0 Å². The molecule has 3 unspecified atom stereocenters. The first kappa shape index (κ1) is 33.0. The Morgan fingerprint density at radius 1 is 1.02 bits per heavy atom. The van der Waals surface area contributed by atoms with Crippen molar-refractivity contribution in [2.75, 3.05) is 19.8 Å². The van der Waals surface area contributed by atoms with Crippen LogP contribution in [0.5, 0.6) is 0 Å². The van der Waals surface area contributed by atoms with E-state index in [0.29, 0.717) is 31.3 Å². The molecule has 0 aromatic heterocycles. The zero-order valence-corrected chi connectivity index (χ0v) is 26.6. The number of hydrogen-bond donors (Lipinski definition) is 0. The molecule has 1 spiro atoms. The Balaban J connectivity index is 1.86. The largest absolute Gasteiger partial charge is 0.463 e. The standard InChI is InChI=1S/C32H46O11/c1-17(2)28(36)42-23-9-10-31(15-39-20(6)33)32(16-40-31)25(41-21(7)34)11-19(5)30(8,27(23)32)13-24(43-29(37)18(3)4)22-12-26(35)38-14-22/h12,17-19,23-25,27H,9-11,13-16H2,1-8H3/t19-,23?,24?,25?,27-,30+,31-,32-/m0/s1. The van der Waals surface area contributed by atoms with Gasteiger partial charge in [0.1, 0.15) is 37.1 Å². The van der Waals surface area contributed by atoms with Crippen molar-refractivity contribution in [1.29, 1.82) is 0 Å². The summed E-state index contributed by atoms with van der Waals surface area (Å²) in [6.45, 7) is 14.0. The number of carbonyl (C=O) groups is 5. The van der Waals surface area contributed by atoms with Crippen molar-refractivity contribution in [3.05, 3.63) is 11.6 Å². The number of rotatable bonds is 10. The van der Waals surface area contributed by atoms with Gasteiger partial charge in [0.05, 0.1) is 23.9 Å². The lowest BCUT2D eigenvalue weighted by Crippen LogP contribution is -2.81. The first-order valence-electron chi connectivity index (χ1n) is 15.3. The monoisotopic (exact) mass is 606 g/mol. The van der Waals surface area contributed by atoms with Crippen molar-refractivity contribution in [2.24, 2.45) is 34.5 Å². The number of carbonyl (C=O) groups excluding carboxylic acids is 5. The van der Waals surface area contributed by atoms with Crippen LogP contribution in [-0.2, 0) is 52.4 Å². The topological polar surface area (TPSA) is 141 Å². The maximum Gasteiger partial charge on any atom is 0.331 e. The van der Waals surface area contributed by atoms with Crippen molar-refractivity contribution >= 4 is 29.8 Å². The molecule has 4 aliphatic rings. The molecule has 1 saturated heterocycles. The van der Waals surface area contributed by atoms with Gasteiger partial charge in [-0.15, -0.1) is 0 Å². The number of hydrogen-bond acceptors (Lipinski definition) is 11. The summed E-state index contributed by atoms with van der Waals surface area (Å²) >= 11 is 0. The maximum absolute atomic E-state index is 13.1. The third-order valence-corrected chi connectivity index (χ3v) is 10.2. The molecule has 0 N–H and O–H groups in total. The van der Waals surface area contributed by atoms with Gasteiger partial charge in [0, 0.05) is 31.4 Å². The minimum atomic E-state index is -0.971. The lowest BCUT2D eigenvalue weighted by molar-refractivity contribution is -0.391. The summed E-state index contributed by atoms with van der Waals surface area (Å²) in [5.41, 5.74) is -1.95. The molecule has 0 amide bonds. The van der Waals surface area contributed by atoms with Crippen molar-refractivity contribution in [2.45, 2.75) is 105 Å². The molecule has 43 heavy (non-hydrogen) atoms. The van der Waals surface area contributed by atoms with E-state index < -0.39 is 70.5 Å². The molecule has 11 nitrogen and oxygen atoms in total. The summed E-state index contributed by atoms with van der Waals surface area (Å²) < 4.78 is 35.4. The van der Waals surface area contributed by atoms with E-state index in [1.165, 1.54) is 19.9 Å². The minimum absolute atomic E-state index is 0.0104. The molecule has 2 aliphatic heterocycles. The molecular formula is C32H46O11. The molecule has 0 radical (unpaired) electrons. The van der Waals surface area contributed by atoms with Gasteiger partial charge in [-0.1, -0.05) is 41.5 Å². The van der Waals surface area contributed by atoms with Gasteiger partial charge in [-0.3, -0.25) is 19.2 Å². The molecule has 0 aromatic carbocycles. The smallest absolute Gasteiger partial charge is 0.331 e. The minimum Gasteiger partial charge on any atom is -0.463 e. The van der Waals surface area contributed by atoms with E-state index in [0.717, 1.165) is 0 Å². The molecule has 2 heterocycles. The Bertz CT molecular complexity index is 1170. The molecule has 11 heteroatoms. The lowest BCUT2D eigenvalue weighted by Gasteiger charge is -2.73. The highest BCUT2D eigenvalue weighted by atomic mass is 16.6. The fourth-order valence-corrected chi connectivity index (χ4v) is 7.76. The Hall–Kier alpha value is -2.95. The Morgan fingerprint density at radius 2 is 1.70 bits per heavy atom. The lowest BCUT2D eigenvalue weighted by atomic mass is 9.39. The molecule has 2 aliphatic carbocycles. The van der Waals surface area contributed by atoms with E-state index in [1.54, 1.807) is 27.7 Å². The number of ether oxygens (including phenoxy) is 6. The first-order valence-corrected chi connectivity index (χ1v) is 15.3. The van der Waals surface area contributed by atoms with Gasteiger partial charge in [-0.25, -0.2) is 4.79 Å². The maximum atomic E-state index is 13.1. The summed E-state index contributed by atoms with van der Waals surface area (Å²) in [6.07, 6.45) is 1.04. The Morgan fingerprint density at radius 3 is 2.21 bits per heavy atom. The van der Waals surface area contributed by atoms with Gasteiger partial charge in [-0.05, 0) is 37.0 Å². The highest BCUT2D eigenvalue weighted by Gasteiger charge is 2.78. The molecule has 3 fully saturated rings. The van der Waals surface area contributed by atoms with Gasteiger partial charge in [0.2, 0.25) is 0 Å². The van der Waals surface area contributed by atoms with Crippen molar-refractivity contribution < 1.29 is 52.4 Å². The summed E-state index contributed by atoms with van der Waals surface area (Å²) in [6, 6.07) is 0. The molecular weight excluding hydrogens is 560 g/mol. The highest BCUT2D eigenvalue weighted by Crippen LogP contribution is 2.70. The molecule has 4 rings (SSSR count). The van der Waals surface area contributed by atoms with Crippen LogP contribution in [0.1, 0.15) is 81.1 Å². The highest BCUT2D eigenvalue weighted by molar-refractivity contribution is 5.85. The fourth-order valence-electron chi connectivity index (χ4n) is 7.76. The SMILES string of the molecule is CC(=O)OC[C@@]12CCC(OC(=O)C(C)C)[C@H]3[C@](C)(CC(OC(=O)C(C)C)C4=CC(=O)OC4)[C@@H](C)CC(OC(C)=O)[C@@]31CO2. The molecule has 2 saturated carbocycles. The van der Waals surface area contributed by atoms with E-state index in [-0.39, 0.29) is 37.6 Å². The number of cyclic esters (lactones) is 1. The van der Waals surface area contributed by atoms with Crippen LogP contribution >= 0.6 is 0 Å². The average molecular weight is 607 g/mol. The van der Waals surface area contributed by atoms with Crippen LogP contribution in [0.4, 0.5) is 0 Å². The number of esters is 5. The van der Waals surface area contributed by atoms with Crippen LogP contribution in [0, 0.1) is 34.5 Å². The second kappa shape index (κ2) is 12.2. The predicted molar refractivity (Wildman–Crippen MR) is 151 cm³/mol. The fraction of sp³-hybridized carbons (Fsp3) is 0.781. The van der Waals surface area contributed by atoms with E-state index in [1.807, 2.05) is 0 Å². The van der Waals surface area contributed by atoms with Gasteiger partial charge in [0.15, 0.2) is 0 Å². The Labute approximate surface area is 253 Å². The van der Waals surface area contributed by atoms with Gasteiger partial charge >= 0.3 is 29.8 Å². The Kier molecular flexibility index (Phi) is 9.36. The molecule has 0 bridgehead atoms. The van der Waals surface area contributed by atoms with Crippen LogP contribution in [0.2, 0.25) is 0 Å².